The van der Waals surface area contributed by atoms with Crippen LogP contribution in [0.1, 0.15) is 37.4 Å². The SMILES string of the molecule is Cc1ccc2c(c1)C=C[C@@H]1N2[C@H](C(=O)c2ccccc2)[C@@H](C(=O)c2cccnc2)[C@@]12C(=O)Nc1ccccc12. The first-order valence-corrected chi connectivity index (χ1v) is 13.0. The number of amides is 1. The number of nitrogens with one attached hydrogen (secondary N) is 1. The lowest BCUT2D eigenvalue weighted by Gasteiger charge is -2.37. The molecular formula is C33H25N3O3. The predicted molar refractivity (Wildman–Crippen MR) is 150 cm³/mol. The zero-order valence-corrected chi connectivity index (χ0v) is 21.2. The van der Waals surface area contributed by atoms with Crippen LogP contribution >= 0.6 is 0 Å². The molecule has 1 amide bonds. The predicted octanol–water partition coefficient (Wildman–Crippen LogP) is 5.25. The van der Waals surface area contributed by atoms with Gasteiger partial charge in [-0.05, 0) is 48.4 Å². The minimum Gasteiger partial charge on any atom is -0.352 e. The van der Waals surface area contributed by atoms with Crippen LogP contribution in [0.2, 0.25) is 0 Å². The van der Waals surface area contributed by atoms with Crippen molar-refractivity contribution in [2.24, 2.45) is 5.92 Å². The van der Waals surface area contributed by atoms with Crippen molar-refractivity contribution < 1.29 is 14.4 Å². The molecule has 1 N–H and O–H groups in total. The van der Waals surface area contributed by atoms with Gasteiger partial charge in [0.25, 0.3) is 0 Å². The molecule has 0 aliphatic carbocycles. The molecule has 4 atom stereocenters. The van der Waals surface area contributed by atoms with Crippen LogP contribution in [0.3, 0.4) is 0 Å². The Bertz CT molecular complexity index is 1680. The molecular weight excluding hydrogens is 486 g/mol. The van der Waals surface area contributed by atoms with Crippen LogP contribution in [0.4, 0.5) is 11.4 Å². The maximum Gasteiger partial charge on any atom is 0.238 e. The number of carbonyl (C=O) groups is 3. The minimum atomic E-state index is -1.32. The first kappa shape index (κ1) is 23.3. The Morgan fingerprint density at radius 3 is 2.46 bits per heavy atom. The zero-order chi connectivity index (χ0) is 26.7. The molecule has 0 radical (unpaired) electrons. The second-order valence-corrected chi connectivity index (χ2v) is 10.4. The van der Waals surface area contributed by atoms with E-state index in [1.807, 2.05) is 78.6 Å². The Morgan fingerprint density at radius 2 is 1.67 bits per heavy atom. The number of benzene rings is 3. The molecule has 190 valence electrons. The maximum absolute atomic E-state index is 14.6. The Morgan fingerprint density at radius 1 is 0.897 bits per heavy atom. The number of pyridine rings is 1. The second kappa shape index (κ2) is 8.60. The van der Waals surface area contributed by atoms with Crippen molar-refractivity contribution in [3.05, 3.63) is 131 Å². The number of Topliss-reactive ketones (excluding diaryl/α,β-unsaturated/α-hetero) is 2. The Hall–Kier alpha value is -4.84. The van der Waals surface area contributed by atoms with Gasteiger partial charge in [0.15, 0.2) is 11.6 Å². The van der Waals surface area contributed by atoms with Gasteiger partial charge < -0.3 is 10.2 Å². The lowest BCUT2D eigenvalue weighted by atomic mass is 9.64. The number of carbonyl (C=O) groups excluding carboxylic acids is 3. The van der Waals surface area contributed by atoms with E-state index in [1.165, 1.54) is 6.20 Å². The van der Waals surface area contributed by atoms with Crippen molar-refractivity contribution in [3.8, 4) is 0 Å². The van der Waals surface area contributed by atoms with Crippen LogP contribution in [-0.4, -0.2) is 34.5 Å². The van der Waals surface area contributed by atoms with Crippen LogP contribution in [0.5, 0.6) is 0 Å². The van der Waals surface area contributed by atoms with Gasteiger partial charge in [0.1, 0.15) is 11.5 Å². The molecule has 0 saturated carbocycles. The molecule has 1 spiro atoms. The lowest BCUT2D eigenvalue weighted by Crippen LogP contribution is -2.51. The summed E-state index contributed by atoms with van der Waals surface area (Å²) in [5.41, 5.74) is 3.82. The molecule has 0 bridgehead atoms. The molecule has 3 aromatic carbocycles. The average Bonchev–Trinajstić information content (AvgIpc) is 3.45. The van der Waals surface area contributed by atoms with Gasteiger partial charge in [-0.15, -0.1) is 0 Å². The summed E-state index contributed by atoms with van der Waals surface area (Å²) >= 11 is 0. The van der Waals surface area contributed by atoms with Crippen LogP contribution in [0.15, 0.2) is 103 Å². The zero-order valence-electron chi connectivity index (χ0n) is 21.2. The summed E-state index contributed by atoms with van der Waals surface area (Å²) in [6, 6.07) is 24.5. The number of aromatic nitrogens is 1. The standard InChI is InChI=1S/C33H25N3O3/c1-20-13-15-26-22(18-20)14-16-27-33(24-11-5-6-12-25(24)35-32(33)39)28(30(37)23-10-7-17-34-19-23)29(36(26)27)31(38)21-8-3-2-4-9-21/h2-19,27-29H,1H3,(H,35,39)/t27-,28-,29-,33-/m0/s1. The van der Waals surface area contributed by atoms with Crippen molar-refractivity contribution in [2.75, 3.05) is 10.2 Å². The van der Waals surface area contributed by atoms with E-state index in [9.17, 15) is 14.4 Å². The summed E-state index contributed by atoms with van der Waals surface area (Å²) in [7, 11) is 0. The van der Waals surface area contributed by atoms with Crippen molar-refractivity contribution in [2.45, 2.75) is 24.4 Å². The van der Waals surface area contributed by atoms with Gasteiger partial charge in [-0.1, -0.05) is 72.3 Å². The fourth-order valence-electron chi connectivity index (χ4n) is 6.76. The number of rotatable bonds is 4. The quantitative estimate of drug-likeness (QED) is 0.379. The van der Waals surface area contributed by atoms with E-state index < -0.39 is 23.4 Å². The van der Waals surface area contributed by atoms with Gasteiger partial charge >= 0.3 is 0 Å². The molecule has 0 unspecified atom stereocenters. The third kappa shape index (κ3) is 3.21. The summed E-state index contributed by atoms with van der Waals surface area (Å²) in [5.74, 6) is -1.75. The molecule has 3 aliphatic heterocycles. The minimum absolute atomic E-state index is 0.196. The van der Waals surface area contributed by atoms with E-state index in [2.05, 4.69) is 16.4 Å². The first-order valence-electron chi connectivity index (χ1n) is 13.0. The highest BCUT2D eigenvalue weighted by Gasteiger charge is 2.70. The first-order chi connectivity index (χ1) is 19.0. The fourth-order valence-corrected chi connectivity index (χ4v) is 6.76. The highest BCUT2D eigenvalue weighted by molar-refractivity contribution is 6.18. The summed E-state index contributed by atoms with van der Waals surface area (Å²) in [5, 5.41) is 3.05. The van der Waals surface area contributed by atoms with Gasteiger partial charge in [-0.25, -0.2) is 0 Å². The number of ketones is 2. The fraction of sp³-hybridized carbons (Fsp3) is 0.152. The van der Waals surface area contributed by atoms with E-state index >= 15 is 0 Å². The van der Waals surface area contributed by atoms with Crippen molar-refractivity contribution in [3.63, 3.8) is 0 Å². The van der Waals surface area contributed by atoms with Crippen LogP contribution in [-0.2, 0) is 10.2 Å². The molecule has 1 saturated heterocycles. The second-order valence-electron chi connectivity index (χ2n) is 10.4. The largest absolute Gasteiger partial charge is 0.352 e. The van der Waals surface area contributed by atoms with Crippen molar-refractivity contribution in [1.82, 2.24) is 4.98 Å². The Kier molecular flexibility index (Phi) is 5.13. The van der Waals surface area contributed by atoms with Gasteiger partial charge in [0.05, 0.1) is 12.0 Å². The van der Waals surface area contributed by atoms with E-state index in [1.54, 1.807) is 30.5 Å². The molecule has 4 aromatic rings. The van der Waals surface area contributed by atoms with Gasteiger partial charge in [0.2, 0.25) is 5.91 Å². The third-order valence-electron chi connectivity index (χ3n) is 8.34. The molecule has 1 aromatic heterocycles. The molecule has 39 heavy (non-hydrogen) atoms. The average molecular weight is 512 g/mol. The van der Waals surface area contributed by atoms with E-state index in [0.717, 1.165) is 22.4 Å². The monoisotopic (exact) mass is 511 g/mol. The maximum atomic E-state index is 14.6. The van der Waals surface area contributed by atoms with Crippen LogP contribution in [0, 0.1) is 12.8 Å². The summed E-state index contributed by atoms with van der Waals surface area (Å²) in [6.45, 7) is 2.02. The van der Waals surface area contributed by atoms with Gasteiger partial charge in [0, 0.05) is 34.9 Å². The number of fused-ring (bicyclic) bond motifs is 6. The molecule has 7 rings (SSSR count). The molecule has 3 aliphatic rings. The number of para-hydroxylation sites is 1. The van der Waals surface area contributed by atoms with Gasteiger partial charge in [-0.3, -0.25) is 19.4 Å². The normalized spacial score (nSPS) is 24.2. The molecule has 6 nitrogen and oxygen atoms in total. The molecule has 4 heterocycles. The summed E-state index contributed by atoms with van der Waals surface area (Å²) in [6.07, 6.45) is 7.13. The van der Waals surface area contributed by atoms with E-state index in [0.29, 0.717) is 16.8 Å². The van der Waals surface area contributed by atoms with Crippen LogP contribution in [0.25, 0.3) is 6.08 Å². The van der Waals surface area contributed by atoms with Crippen molar-refractivity contribution in [1.29, 1.82) is 0 Å². The Balaban J connectivity index is 1.55. The highest BCUT2D eigenvalue weighted by Crippen LogP contribution is 2.58. The summed E-state index contributed by atoms with van der Waals surface area (Å²) < 4.78 is 0. The topological polar surface area (TPSA) is 79.4 Å². The molecule has 6 heteroatoms. The van der Waals surface area contributed by atoms with Gasteiger partial charge in [-0.2, -0.15) is 0 Å². The third-order valence-corrected chi connectivity index (χ3v) is 8.34. The number of hydrogen-bond acceptors (Lipinski definition) is 5. The van der Waals surface area contributed by atoms with E-state index in [4.69, 9.17) is 0 Å². The molecule has 1 fully saturated rings. The number of nitrogens with zero attached hydrogens (tertiary/aromatic N) is 2. The van der Waals surface area contributed by atoms with Crippen molar-refractivity contribution >= 4 is 34.9 Å². The Labute approximate surface area is 226 Å². The summed E-state index contributed by atoms with van der Waals surface area (Å²) in [4.78, 5) is 49.6. The smallest absolute Gasteiger partial charge is 0.238 e. The highest BCUT2D eigenvalue weighted by atomic mass is 16.2. The van der Waals surface area contributed by atoms with E-state index in [-0.39, 0.29) is 17.5 Å². The number of aryl methyl sites for hydroxylation is 1. The lowest BCUT2D eigenvalue weighted by molar-refractivity contribution is -0.121. The number of anilines is 2. The van der Waals surface area contributed by atoms with Crippen LogP contribution < -0.4 is 10.2 Å². The number of hydrogen-bond donors (Lipinski definition) is 1.